The molecule has 0 aliphatic heterocycles. The van der Waals surface area contributed by atoms with Gasteiger partial charge >= 0.3 is 0 Å². The summed E-state index contributed by atoms with van der Waals surface area (Å²) in [5, 5.41) is 10.3. The number of amides is 1. The number of carbonyl (C=O) groups is 1. The van der Waals surface area contributed by atoms with Gasteiger partial charge in [0.05, 0.1) is 17.8 Å². The Labute approximate surface area is 106 Å². The fourth-order valence-corrected chi connectivity index (χ4v) is 1.60. The van der Waals surface area contributed by atoms with Crippen molar-refractivity contribution in [3.63, 3.8) is 0 Å². The molecule has 0 aliphatic carbocycles. The van der Waals surface area contributed by atoms with E-state index >= 15 is 0 Å². The Morgan fingerprint density at radius 1 is 1.41 bits per heavy atom. The molecule has 6 heteroatoms. The van der Waals surface area contributed by atoms with Crippen LogP contribution in [0.1, 0.15) is 16.1 Å². The average Bonchev–Trinajstić information content (AvgIpc) is 2.37. The summed E-state index contributed by atoms with van der Waals surface area (Å²) >= 11 is 3.26. The predicted molar refractivity (Wildman–Crippen MR) is 65.1 cm³/mol. The van der Waals surface area contributed by atoms with Crippen LogP contribution in [0.3, 0.4) is 0 Å². The minimum Gasteiger partial charge on any atom is -0.346 e. The van der Waals surface area contributed by atoms with E-state index in [-0.39, 0.29) is 5.91 Å². The summed E-state index contributed by atoms with van der Waals surface area (Å²) < 4.78 is 0.768. The van der Waals surface area contributed by atoms with Crippen molar-refractivity contribution in [1.82, 2.24) is 20.5 Å². The van der Waals surface area contributed by atoms with E-state index in [1.807, 2.05) is 0 Å². The first-order valence-corrected chi connectivity index (χ1v) is 5.70. The lowest BCUT2D eigenvalue weighted by atomic mass is 10.2. The van der Waals surface area contributed by atoms with Crippen molar-refractivity contribution < 1.29 is 4.79 Å². The highest BCUT2D eigenvalue weighted by Gasteiger charge is 2.06. The van der Waals surface area contributed by atoms with Crippen LogP contribution in [-0.2, 0) is 6.54 Å². The normalized spacial score (nSPS) is 9.94. The van der Waals surface area contributed by atoms with Gasteiger partial charge in [-0.2, -0.15) is 10.2 Å². The molecule has 0 saturated heterocycles. The molecule has 1 amide bonds. The van der Waals surface area contributed by atoms with Crippen LogP contribution in [0, 0.1) is 0 Å². The van der Waals surface area contributed by atoms with Gasteiger partial charge in [-0.05, 0) is 34.1 Å². The second-order valence-electron chi connectivity index (χ2n) is 3.29. The highest BCUT2D eigenvalue weighted by molar-refractivity contribution is 9.10. The SMILES string of the molecule is O=C(NCc1cccnn1)c1cncc(Br)c1. The van der Waals surface area contributed by atoms with Gasteiger partial charge in [0.1, 0.15) is 0 Å². The lowest BCUT2D eigenvalue weighted by molar-refractivity contribution is 0.0950. The third-order valence-electron chi connectivity index (χ3n) is 2.02. The maximum absolute atomic E-state index is 11.8. The smallest absolute Gasteiger partial charge is 0.253 e. The van der Waals surface area contributed by atoms with E-state index in [0.717, 1.165) is 4.47 Å². The molecule has 2 heterocycles. The summed E-state index contributed by atoms with van der Waals surface area (Å²) in [5.74, 6) is -0.190. The molecule has 0 unspecified atom stereocenters. The molecule has 2 rings (SSSR count). The molecular weight excluding hydrogens is 284 g/mol. The van der Waals surface area contributed by atoms with Crippen molar-refractivity contribution in [3.05, 3.63) is 52.5 Å². The van der Waals surface area contributed by atoms with E-state index in [9.17, 15) is 4.79 Å². The molecule has 86 valence electrons. The fourth-order valence-electron chi connectivity index (χ4n) is 1.24. The highest BCUT2D eigenvalue weighted by Crippen LogP contribution is 2.09. The Bertz CT molecular complexity index is 518. The van der Waals surface area contributed by atoms with Crippen LogP contribution in [0.4, 0.5) is 0 Å². The van der Waals surface area contributed by atoms with Crippen molar-refractivity contribution in [3.8, 4) is 0 Å². The zero-order valence-corrected chi connectivity index (χ0v) is 10.4. The standard InChI is InChI=1S/C11H9BrN4O/c12-9-4-8(5-13-6-9)11(17)14-7-10-2-1-3-15-16-10/h1-6H,7H2,(H,14,17). The van der Waals surface area contributed by atoms with E-state index in [0.29, 0.717) is 17.8 Å². The molecular formula is C11H9BrN4O. The monoisotopic (exact) mass is 292 g/mol. The Morgan fingerprint density at radius 3 is 3.00 bits per heavy atom. The Morgan fingerprint density at radius 2 is 2.29 bits per heavy atom. The number of aromatic nitrogens is 3. The average molecular weight is 293 g/mol. The van der Waals surface area contributed by atoms with Crippen molar-refractivity contribution in [2.75, 3.05) is 0 Å². The number of pyridine rings is 1. The van der Waals surface area contributed by atoms with E-state index in [1.54, 1.807) is 30.6 Å². The summed E-state index contributed by atoms with van der Waals surface area (Å²) in [4.78, 5) is 15.7. The number of nitrogens with zero attached hydrogens (tertiary/aromatic N) is 3. The first kappa shape index (κ1) is 11.7. The molecule has 0 saturated carbocycles. The zero-order valence-electron chi connectivity index (χ0n) is 8.80. The van der Waals surface area contributed by atoms with Gasteiger partial charge in [0.25, 0.3) is 5.91 Å². The topological polar surface area (TPSA) is 67.8 Å². The molecule has 0 spiro atoms. The molecule has 17 heavy (non-hydrogen) atoms. The first-order chi connectivity index (χ1) is 8.25. The summed E-state index contributed by atoms with van der Waals surface area (Å²) in [6.45, 7) is 0.346. The summed E-state index contributed by atoms with van der Waals surface area (Å²) in [6.07, 6.45) is 4.72. The van der Waals surface area contributed by atoms with E-state index < -0.39 is 0 Å². The highest BCUT2D eigenvalue weighted by atomic mass is 79.9. The molecule has 0 radical (unpaired) electrons. The van der Waals surface area contributed by atoms with Gasteiger partial charge in [-0.1, -0.05) is 0 Å². The molecule has 0 aromatic carbocycles. The van der Waals surface area contributed by atoms with Gasteiger partial charge in [-0.25, -0.2) is 0 Å². The van der Waals surface area contributed by atoms with E-state index in [1.165, 1.54) is 6.20 Å². The minimum atomic E-state index is -0.190. The largest absolute Gasteiger partial charge is 0.346 e. The number of hydrogen-bond acceptors (Lipinski definition) is 4. The Hall–Kier alpha value is -1.82. The molecule has 2 aromatic rings. The summed E-state index contributed by atoms with van der Waals surface area (Å²) in [6, 6.07) is 5.28. The number of nitrogens with one attached hydrogen (secondary N) is 1. The first-order valence-electron chi connectivity index (χ1n) is 4.91. The number of halogens is 1. The maximum Gasteiger partial charge on any atom is 0.253 e. The quantitative estimate of drug-likeness (QED) is 0.932. The third-order valence-corrected chi connectivity index (χ3v) is 2.46. The van der Waals surface area contributed by atoms with Crippen LogP contribution < -0.4 is 5.32 Å². The van der Waals surface area contributed by atoms with E-state index in [4.69, 9.17) is 0 Å². The van der Waals surface area contributed by atoms with Crippen molar-refractivity contribution in [2.45, 2.75) is 6.54 Å². The van der Waals surface area contributed by atoms with Gasteiger partial charge in [-0.15, -0.1) is 0 Å². The Balaban J connectivity index is 1.98. The second kappa shape index (κ2) is 5.49. The van der Waals surface area contributed by atoms with Gasteiger partial charge < -0.3 is 5.32 Å². The summed E-state index contributed by atoms with van der Waals surface area (Å²) in [7, 11) is 0. The summed E-state index contributed by atoms with van der Waals surface area (Å²) in [5.41, 5.74) is 1.21. The fraction of sp³-hybridized carbons (Fsp3) is 0.0909. The molecule has 0 aliphatic rings. The number of carbonyl (C=O) groups excluding carboxylic acids is 1. The lowest BCUT2D eigenvalue weighted by Crippen LogP contribution is -2.23. The second-order valence-corrected chi connectivity index (χ2v) is 4.21. The molecule has 1 N–H and O–H groups in total. The number of rotatable bonds is 3. The molecule has 0 fully saturated rings. The van der Waals surface area contributed by atoms with Crippen LogP contribution in [0.25, 0.3) is 0 Å². The van der Waals surface area contributed by atoms with Gasteiger partial charge in [0, 0.05) is 23.1 Å². The van der Waals surface area contributed by atoms with Gasteiger partial charge in [-0.3, -0.25) is 9.78 Å². The molecule has 0 atom stereocenters. The van der Waals surface area contributed by atoms with Crippen LogP contribution in [0.15, 0.2) is 41.3 Å². The minimum absolute atomic E-state index is 0.190. The predicted octanol–water partition coefficient (Wildman–Crippen LogP) is 1.56. The maximum atomic E-state index is 11.8. The molecule has 2 aromatic heterocycles. The van der Waals surface area contributed by atoms with Crippen LogP contribution in [-0.4, -0.2) is 21.1 Å². The molecule has 0 bridgehead atoms. The van der Waals surface area contributed by atoms with Gasteiger partial charge in [0.15, 0.2) is 0 Å². The van der Waals surface area contributed by atoms with Crippen LogP contribution in [0.5, 0.6) is 0 Å². The van der Waals surface area contributed by atoms with Crippen LogP contribution in [0.2, 0.25) is 0 Å². The number of hydrogen-bond donors (Lipinski definition) is 1. The van der Waals surface area contributed by atoms with Crippen LogP contribution >= 0.6 is 15.9 Å². The van der Waals surface area contributed by atoms with Crippen molar-refractivity contribution >= 4 is 21.8 Å². The Kier molecular flexibility index (Phi) is 3.77. The van der Waals surface area contributed by atoms with Crippen molar-refractivity contribution in [2.24, 2.45) is 0 Å². The molecule has 5 nitrogen and oxygen atoms in total. The lowest BCUT2D eigenvalue weighted by Gasteiger charge is -2.03. The van der Waals surface area contributed by atoms with E-state index in [2.05, 4.69) is 36.4 Å². The van der Waals surface area contributed by atoms with Gasteiger partial charge in [0.2, 0.25) is 0 Å². The zero-order chi connectivity index (χ0) is 12.1. The van der Waals surface area contributed by atoms with Crippen molar-refractivity contribution in [1.29, 1.82) is 0 Å². The third kappa shape index (κ3) is 3.32.